The number of esters is 1. The molecule has 0 aromatic heterocycles. The summed E-state index contributed by atoms with van der Waals surface area (Å²) in [7, 11) is 1.63. The number of hydrogen-bond acceptors (Lipinski definition) is 3. The lowest BCUT2D eigenvalue weighted by atomic mass is 9.96. The molecule has 108 valence electrons. The molecule has 0 aliphatic carbocycles. The Hall–Kier alpha value is -2.81. The fraction of sp³-hybridized carbons (Fsp3) is 0.105. The summed E-state index contributed by atoms with van der Waals surface area (Å²) in [5, 5.41) is 2.16. The molecule has 0 radical (unpaired) electrons. The van der Waals surface area contributed by atoms with E-state index in [4.69, 9.17) is 9.47 Å². The summed E-state index contributed by atoms with van der Waals surface area (Å²) in [6.07, 6.45) is -0.349. The van der Waals surface area contributed by atoms with Crippen molar-refractivity contribution in [2.45, 2.75) is 6.10 Å². The highest BCUT2D eigenvalue weighted by Gasteiger charge is 2.32. The van der Waals surface area contributed by atoms with Gasteiger partial charge in [0.15, 0.2) is 6.10 Å². The van der Waals surface area contributed by atoms with Gasteiger partial charge in [0.2, 0.25) is 0 Å². The van der Waals surface area contributed by atoms with Gasteiger partial charge < -0.3 is 9.47 Å². The Kier molecular flexibility index (Phi) is 2.86. The van der Waals surface area contributed by atoms with Crippen LogP contribution in [0.5, 0.6) is 5.75 Å². The van der Waals surface area contributed by atoms with E-state index in [0.29, 0.717) is 5.56 Å². The lowest BCUT2D eigenvalue weighted by Crippen LogP contribution is -2.00. The quantitative estimate of drug-likeness (QED) is 0.666. The van der Waals surface area contributed by atoms with Crippen molar-refractivity contribution in [1.29, 1.82) is 0 Å². The number of carbonyl (C=O) groups is 1. The van der Waals surface area contributed by atoms with Crippen molar-refractivity contribution in [2.75, 3.05) is 7.11 Å². The molecule has 1 heterocycles. The summed E-state index contributed by atoms with van der Waals surface area (Å²) < 4.78 is 10.8. The second-order valence-corrected chi connectivity index (χ2v) is 5.35. The molecule has 0 amide bonds. The third-order valence-electron chi connectivity index (χ3n) is 4.06. The third-order valence-corrected chi connectivity index (χ3v) is 4.06. The van der Waals surface area contributed by atoms with Gasteiger partial charge in [0.1, 0.15) is 5.75 Å². The van der Waals surface area contributed by atoms with Gasteiger partial charge in [-0.05, 0) is 40.6 Å². The standard InChI is InChI=1S/C19H14O3/c1-21-15-8-6-12(7-9-15)18-16-10-13-4-2-3-5-14(13)11-17(16)19(20)22-18/h2-11,18H,1H3. The maximum absolute atomic E-state index is 12.2. The minimum atomic E-state index is -0.349. The highest BCUT2D eigenvalue weighted by atomic mass is 16.5. The van der Waals surface area contributed by atoms with Gasteiger partial charge in [0, 0.05) is 5.56 Å². The topological polar surface area (TPSA) is 35.5 Å². The molecule has 0 saturated heterocycles. The predicted molar refractivity (Wildman–Crippen MR) is 84.2 cm³/mol. The molecular formula is C19H14O3. The molecule has 1 aliphatic rings. The molecule has 1 atom stereocenters. The summed E-state index contributed by atoms with van der Waals surface area (Å²) in [4.78, 5) is 12.2. The lowest BCUT2D eigenvalue weighted by Gasteiger charge is -2.12. The van der Waals surface area contributed by atoms with E-state index in [0.717, 1.165) is 27.6 Å². The van der Waals surface area contributed by atoms with Crippen molar-refractivity contribution in [3.05, 3.63) is 77.4 Å². The van der Waals surface area contributed by atoms with Crippen LogP contribution in [0, 0.1) is 0 Å². The zero-order valence-corrected chi connectivity index (χ0v) is 12.1. The second-order valence-electron chi connectivity index (χ2n) is 5.35. The fourth-order valence-electron chi connectivity index (χ4n) is 2.91. The van der Waals surface area contributed by atoms with Crippen LogP contribution < -0.4 is 4.74 Å². The largest absolute Gasteiger partial charge is 0.497 e. The molecule has 0 spiro atoms. The van der Waals surface area contributed by atoms with Crippen molar-refractivity contribution >= 4 is 16.7 Å². The Morgan fingerprint density at radius 2 is 1.64 bits per heavy atom. The normalized spacial score (nSPS) is 16.4. The van der Waals surface area contributed by atoms with E-state index in [1.165, 1.54) is 0 Å². The Balaban J connectivity index is 1.84. The van der Waals surface area contributed by atoms with Gasteiger partial charge in [-0.1, -0.05) is 36.4 Å². The molecular weight excluding hydrogens is 276 g/mol. The van der Waals surface area contributed by atoms with Crippen LogP contribution in [0.15, 0.2) is 60.7 Å². The summed E-state index contributed by atoms with van der Waals surface area (Å²) in [5.74, 6) is 0.522. The number of fused-ring (bicyclic) bond motifs is 2. The average molecular weight is 290 g/mol. The molecule has 4 rings (SSSR count). The van der Waals surface area contributed by atoms with E-state index in [9.17, 15) is 4.79 Å². The first kappa shape index (κ1) is 12.9. The van der Waals surface area contributed by atoms with E-state index in [2.05, 4.69) is 0 Å². The minimum Gasteiger partial charge on any atom is -0.497 e. The van der Waals surface area contributed by atoms with E-state index >= 15 is 0 Å². The van der Waals surface area contributed by atoms with Crippen molar-refractivity contribution in [3.63, 3.8) is 0 Å². The summed E-state index contributed by atoms with van der Waals surface area (Å²) in [5.41, 5.74) is 2.52. The summed E-state index contributed by atoms with van der Waals surface area (Å²) in [6.45, 7) is 0. The van der Waals surface area contributed by atoms with E-state index in [1.54, 1.807) is 7.11 Å². The maximum atomic E-state index is 12.2. The van der Waals surface area contributed by atoms with Crippen LogP contribution in [0.1, 0.15) is 27.6 Å². The average Bonchev–Trinajstić information content (AvgIpc) is 2.89. The van der Waals surface area contributed by atoms with Crippen LogP contribution in [0.4, 0.5) is 0 Å². The van der Waals surface area contributed by atoms with Crippen molar-refractivity contribution in [3.8, 4) is 5.75 Å². The zero-order chi connectivity index (χ0) is 15.1. The van der Waals surface area contributed by atoms with Gasteiger partial charge in [-0.15, -0.1) is 0 Å². The molecule has 0 saturated carbocycles. The van der Waals surface area contributed by atoms with E-state index in [1.807, 2.05) is 60.7 Å². The number of ether oxygens (including phenoxy) is 2. The summed E-state index contributed by atoms with van der Waals surface area (Å²) >= 11 is 0. The molecule has 0 N–H and O–H groups in total. The van der Waals surface area contributed by atoms with Gasteiger partial charge in [0.05, 0.1) is 12.7 Å². The molecule has 3 aromatic carbocycles. The van der Waals surface area contributed by atoms with Gasteiger partial charge in [0.25, 0.3) is 0 Å². The molecule has 3 nitrogen and oxygen atoms in total. The van der Waals surface area contributed by atoms with Crippen molar-refractivity contribution in [1.82, 2.24) is 0 Å². The first-order valence-electron chi connectivity index (χ1n) is 7.14. The van der Waals surface area contributed by atoms with E-state index in [-0.39, 0.29) is 12.1 Å². The Labute approximate surface area is 128 Å². The van der Waals surface area contributed by atoms with Crippen LogP contribution in [0.3, 0.4) is 0 Å². The van der Waals surface area contributed by atoms with Crippen LogP contribution >= 0.6 is 0 Å². The first-order valence-corrected chi connectivity index (χ1v) is 7.14. The molecule has 3 heteroatoms. The first-order chi connectivity index (χ1) is 10.8. The number of benzene rings is 3. The number of methoxy groups -OCH3 is 1. The highest BCUT2D eigenvalue weighted by Crippen LogP contribution is 2.38. The highest BCUT2D eigenvalue weighted by molar-refractivity contribution is 6.00. The summed E-state index contributed by atoms with van der Waals surface area (Å²) in [6, 6.07) is 19.6. The van der Waals surface area contributed by atoms with Crippen LogP contribution in [-0.4, -0.2) is 13.1 Å². The van der Waals surface area contributed by atoms with Crippen molar-refractivity contribution < 1.29 is 14.3 Å². The van der Waals surface area contributed by atoms with Gasteiger partial charge >= 0.3 is 5.97 Å². The monoisotopic (exact) mass is 290 g/mol. The number of carbonyl (C=O) groups excluding carboxylic acids is 1. The van der Waals surface area contributed by atoms with E-state index < -0.39 is 0 Å². The molecule has 3 aromatic rings. The maximum Gasteiger partial charge on any atom is 0.339 e. The van der Waals surface area contributed by atoms with Crippen LogP contribution in [0.2, 0.25) is 0 Å². The fourth-order valence-corrected chi connectivity index (χ4v) is 2.91. The van der Waals surface area contributed by atoms with Gasteiger partial charge in [-0.25, -0.2) is 4.79 Å². The number of hydrogen-bond donors (Lipinski definition) is 0. The van der Waals surface area contributed by atoms with Gasteiger partial charge in [-0.2, -0.15) is 0 Å². The lowest BCUT2D eigenvalue weighted by molar-refractivity contribution is 0.0456. The smallest absolute Gasteiger partial charge is 0.339 e. The second kappa shape index (κ2) is 4.88. The number of cyclic esters (lactones) is 1. The zero-order valence-electron chi connectivity index (χ0n) is 12.1. The van der Waals surface area contributed by atoms with Crippen LogP contribution in [-0.2, 0) is 4.74 Å². The van der Waals surface area contributed by atoms with Crippen molar-refractivity contribution in [2.24, 2.45) is 0 Å². The molecule has 1 aliphatic heterocycles. The van der Waals surface area contributed by atoms with Gasteiger partial charge in [-0.3, -0.25) is 0 Å². The Bertz CT molecular complexity index is 865. The molecule has 22 heavy (non-hydrogen) atoms. The minimum absolute atomic E-state index is 0.262. The molecule has 0 fully saturated rings. The molecule has 0 bridgehead atoms. The Morgan fingerprint density at radius 3 is 2.32 bits per heavy atom. The SMILES string of the molecule is COc1ccc(C2OC(=O)c3cc4ccccc4cc32)cc1. The number of rotatable bonds is 2. The Morgan fingerprint density at radius 1 is 0.955 bits per heavy atom. The molecule has 1 unspecified atom stereocenters. The predicted octanol–water partition coefficient (Wildman–Crippen LogP) is 4.11. The van der Waals surface area contributed by atoms with Crippen LogP contribution in [0.25, 0.3) is 10.8 Å². The third kappa shape index (κ3) is 1.94.